The number of methoxy groups -OCH3 is 1. The maximum atomic E-state index is 12.3. The van der Waals surface area contributed by atoms with Crippen LogP contribution in [-0.2, 0) is 11.3 Å². The Hall–Kier alpha value is -3.49. The predicted molar refractivity (Wildman–Crippen MR) is 97.5 cm³/mol. The summed E-state index contributed by atoms with van der Waals surface area (Å²) in [5.74, 6) is 2.02. The Morgan fingerprint density at radius 1 is 1.26 bits per heavy atom. The first kappa shape index (κ1) is 17.0. The third kappa shape index (κ3) is 3.71. The minimum atomic E-state index is -0.0562. The van der Waals surface area contributed by atoms with Gasteiger partial charge in [0.2, 0.25) is 11.8 Å². The number of carbonyl (C=O) groups is 1. The molecule has 0 radical (unpaired) electrons. The van der Waals surface area contributed by atoms with E-state index in [4.69, 9.17) is 4.74 Å². The van der Waals surface area contributed by atoms with Crippen LogP contribution in [0.5, 0.6) is 5.88 Å². The monoisotopic (exact) mass is 365 g/mol. The van der Waals surface area contributed by atoms with Gasteiger partial charge in [0.1, 0.15) is 12.1 Å². The summed E-state index contributed by atoms with van der Waals surface area (Å²) in [4.78, 5) is 27.0. The summed E-state index contributed by atoms with van der Waals surface area (Å²) >= 11 is 0. The van der Waals surface area contributed by atoms with Crippen LogP contribution in [0.25, 0.3) is 5.82 Å². The van der Waals surface area contributed by atoms with Crippen molar-refractivity contribution in [2.24, 2.45) is 5.92 Å². The maximum absolute atomic E-state index is 12.3. The molecule has 0 aliphatic carbocycles. The van der Waals surface area contributed by atoms with E-state index in [1.807, 2.05) is 29.3 Å². The number of nitrogens with zero attached hydrogens (tertiary/aromatic N) is 6. The number of pyridine rings is 1. The van der Waals surface area contributed by atoms with E-state index < -0.39 is 0 Å². The number of aromatic nitrogens is 5. The zero-order valence-corrected chi connectivity index (χ0v) is 14.8. The maximum Gasteiger partial charge on any atom is 0.226 e. The van der Waals surface area contributed by atoms with Crippen LogP contribution in [0.2, 0.25) is 0 Å². The molecule has 1 N–H and O–H groups in total. The van der Waals surface area contributed by atoms with Crippen molar-refractivity contribution in [3.05, 3.63) is 54.7 Å². The average molecular weight is 365 g/mol. The number of rotatable bonds is 6. The summed E-state index contributed by atoms with van der Waals surface area (Å²) in [6.07, 6.45) is 6.73. The molecule has 9 nitrogen and oxygen atoms in total. The quantitative estimate of drug-likeness (QED) is 0.690. The van der Waals surface area contributed by atoms with E-state index in [1.165, 1.54) is 6.33 Å². The molecule has 4 heterocycles. The van der Waals surface area contributed by atoms with Gasteiger partial charge >= 0.3 is 0 Å². The molecule has 9 heteroatoms. The van der Waals surface area contributed by atoms with E-state index in [-0.39, 0.29) is 11.8 Å². The Morgan fingerprint density at radius 3 is 2.81 bits per heavy atom. The molecule has 0 atom stereocenters. The second kappa shape index (κ2) is 7.40. The molecule has 138 valence electrons. The van der Waals surface area contributed by atoms with Gasteiger partial charge in [0.15, 0.2) is 5.82 Å². The molecular formula is C18H19N7O2. The standard InChI is InChI=1S/C18H19N7O2/c1-27-17-4-3-13(8-19-17)9-20-18(26)14-10-24(11-14)15-7-16(22-12-21-15)25-6-2-5-23-25/h2-8,12,14H,9-11H2,1H3,(H,20,26). The number of ether oxygens (including phenoxy) is 1. The number of hydrogen-bond donors (Lipinski definition) is 1. The molecule has 1 aliphatic rings. The molecular weight excluding hydrogens is 346 g/mol. The van der Waals surface area contributed by atoms with Crippen molar-refractivity contribution >= 4 is 11.7 Å². The predicted octanol–water partition coefficient (Wildman–Crippen LogP) is 0.818. The van der Waals surface area contributed by atoms with Crippen molar-refractivity contribution in [2.45, 2.75) is 6.54 Å². The van der Waals surface area contributed by atoms with Gasteiger partial charge in [-0.3, -0.25) is 4.79 Å². The van der Waals surface area contributed by atoms with Gasteiger partial charge in [0.25, 0.3) is 0 Å². The third-order valence-corrected chi connectivity index (χ3v) is 4.43. The van der Waals surface area contributed by atoms with Crippen molar-refractivity contribution in [3.8, 4) is 11.7 Å². The summed E-state index contributed by atoms with van der Waals surface area (Å²) in [5.41, 5.74) is 0.931. The van der Waals surface area contributed by atoms with Crippen molar-refractivity contribution in [1.82, 2.24) is 30.0 Å². The fraction of sp³-hybridized carbons (Fsp3) is 0.278. The summed E-state index contributed by atoms with van der Waals surface area (Å²) in [6.45, 7) is 1.70. The van der Waals surface area contributed by atoms with Crippen LogP contribution in [0.1, 0.15) is 5.56 Å². The van der Waals surface area contributed by atoms with Crippen LogP contribution in [-0.4, -0.2) is 50.8 Å². The lowest BCUT2D eigenvalue weighted by Gasteiger charge is -2.39. The molecule has 0 spiro atoms. The lowest BCUT2D eigenvalue weighted by molar-refractivity contribution is -0.125. The molecule has 1 saturated heterocycles. The first-order valence-corrected chi connectivity index (χ1v) is 8.56. The van der Waals surface area contributed by atoms with Crippen molar-refractivity contribution in [3.63, 3.8) is 0 Å². The van der Waals surface area contributed by atoms with Gasteiger partial charge < -0.3 is 15.0 Å². The summed E-state index contributed by atoms with van der Waals surface area (Å²) in [5, 5.41) is 7.12. The minimum Gasteiger partial charge on any atom is -0.481 e. The van der Waals surface area contributed by atoms with Crippen molar-refractivity contribution in [2.75, 3.05) is 25.1 Å². The first-order chi connectivity index (χ1) is 13.2. The lowest BCUT2D eigenvalue weighted by atomic mass is 9.99. The van der Waals surface area contributed by atoms with E-state index in [0.29, 0.717) is 31.3 Å². The van der Waals surface area contributed by atoms with Gasteiger partial charge in [-0.05, 0) is 11.6 Å². The summed E-state index contributed by atoms with van der Waals surface area (Å²) < 4.78 is 6.70. The lowest BCUT2D eigenvalue weighted by Crippen LogP contribution is -2.54. The molecule has 3 aromatic heterocycles. The number of carbonyl (C=O) groups excluding carboxylic acids is 1. The van der Waals surface area contributed by atoms with Gasteiger partial charge in [-0.25, -0.2) is 19.6 Å². The van der Waals surface area contributed by atoms with Gasteiger partial charge in [0.05, 0.1) is 13.0 Å². The molecule has 1 fully saturated rings. The van der Waals surface area contributed by atoms with Crippen LogP contribution in [0.3, 0.4) is 0 Å². The Morgan fingerprint density at radius 2 is 2.11 bits per heavy atom. The smallest absolute Gasteiger partial charge is 0.226 e. The Kier molecular flexibility index (Phi) is 4.65. The average Bonchev–Trinajstić information content (AvgIpc) is 3.21. The minimum absolute atomic E-state index is 0.0309. The van der Waals surface area contributed by atoms with Crippen LogP contribution in [0, 0.1) is 5.92 Å². The highest BCUT2D eigenvalue weighted by Gasteiger charge is 2.33. The Labute approximate surface area is 156 Å². The Bertz CT molecular complexity index is 906. The second-order valence-electron chi connectivity index (χ2n) is 6.21. The van der Waals surface area contributed by atoms with E-state index in [1.54, 1.807) is 30.3 Å². The second-order valence-corrected chi connectivity index (χ2v) is 6.21. The largest absolute Gasteiger partial charge is 0.481 e. The molecule has 1 aliphatic heterocycles. The highest BCUT2D eigenvalue weighted by atomic mass is 16.5. The molecule has 0 aromatic carbocycles. The highest BCUT2D eigenvalue weighted by Crippen LogP contribution is 2.23. The van der Waals surface area contributed by atoms with Gasteiger partial charge in [-0.2, -0.15) is 5.10 Å². The van der Waals surface area contributed by atoms with Crippen LogP contribution in [0.15, 0.2) is 49.2 Å². The zero-order chi connectivity index (χ0) is 18.6. The molecule has 0 bridgehead atoms. The molecule has 27 heavy (non-hydrogen) atoms. The number of amides is 1. The van der Waals surface area contributed by atoms with E-state index in [2.05, 4.69) is 25.4 Å². The van der Waals surface area contributed by atoms with E-state index >= 15 is 0 Å². The fourth-order valence-corrected chi connectivity index (χ4v) is 2.84. The van der Waals surface area contributed by atoms with E-state index in [9.17, 15) is 4.79 Å². The van der Waals surface area contributed by atoms with E-state index in [0.717, 1.165) is 11.4 Å². The number of hydrogen-bond acceptors (Lipinski definition) is 7. The molecule has 0 unspecified atom stereocenters. The topological polar surface area (TPSA) is 98.1 Å². The molecule has 4 rings (SSSR count). The van der Waals surface area contributed by atoms with Gasteiger partial charge in [-0.15, -0.1) is 0 Å². The van der Waals surface area contributed by atoms with Gasteiger partial charge in [0, 0.05) is 50.4 Å². The third-order valence-electron chi connectivity index (χ3n) is 4.43. The number of anilines is 1. The van der Waals surface area contributed by atoms with Crippen molar-refractivity contribution < 1.29 is 9.53 Å². The van der Waals surface area contributed by atoms with Crippen LogP contribution < -0.4 is 15.0 Å². The summed E-state index contributed by atoms with van der Waals surface area (Å²) in [6, 6.07) is 7.37. The summed E-state index contributed by atoms with van der Waals surface area (Å²) in [7, 11) is 1.57. The normalized spacial score (nSPS) is 13.9. The van der Waals surface area contributed by atoms with Crippen LogP contribution >= 0.6 is 0 Å². The molecule has 3 aromatic rings. The molecule has 0 saturated carbocycles. The zero-order valence-electron chi connectivity index (χ0n) is 14.8. The number of nitrogens with one attached hydrogen (secondary N) is 1. The first-order valence-electron chi connectivity index (χ1n) is 8.56. The highest BCUT2D eigenvalue weighted by molar-refractivity contribution is 5.81. The molecule has 1 amide bonds. The Balaban J connectivity index is 1.30. The van der Waals surface area contributed by atoms with Gasteiger partial charge in [-0.1, -0.05) is 6.07 Å². The fourth-order valence-electron chi connectivity index (χ4n) is 2.84. The van der Waals surface area contributed by atoms with Crippen LogP contribution in [0.4, 0.5) is 5.82 Å². The van der Waals surface area contributed by atoms with Crippen molar-refractivity contribution in [1.29, 1.82) is 0 Å². The SMILES string of the molecule is COc1ccc(CNC(=O)C2CN(c3cc(-n4cccn4)ncn3)C2)cn1.